The summed E-state index contributed by atoms with van der Waals surface area (Å²) in [6.45, 7) is 2.28. The molecular weight excluding hydrogens is 411 g/mol. The summed E-state index contributed by atoms with van der Waals surface area (Å²) in [7, 11) is -0.272. The SMILES string of the molecule is CC1=C(CC2CCCCC2)CC([SiH2]c2ccccc2)=[C-]1.[Cl-].[Cl-].[Cl-].[Ti+4]. The third-order valence-corrected chi connectivity index (χ3v) is 6.57. The van der Waals surface area contributed by atoms with Gasteiger partial charge in [0.1, 0.15) is 0 Å². The van der Waals surface area contributed by atoms with Gasteiger partial charge in [0, 0.05) is 0 Å². The second kappa shape index (κ2) is 13.7. The zero-order valence-electron chi connectivity index (χ0n) is 14.3. The van der Waals surface area contributed by atoms with Crippen LogP contribution in [0.1, 0.15) is 51.9 Å². The van der Waals surface area contributed by atoms with Gasteiger partial charge in [-0.3, -0.25) is 6.08 Å². The van der Waals surface area contributed by atoms with Crippen molar-refractivity contribution in [2.45, 2.75) is 51.9 Å². The molecule has 0 radical (unpaired) electrons. The van der Waals surface area contributed by atoms with E-state index in [9.17, 15) is 0 Å². The molecule has 2 aliphatic rings. The molecule has 24 heavy (non-hydrogen) atoms. The summed E-state index contributed by atoms with van der Waals surface area (Å²) in [5, 5.41) is 3.18. The van der Waals surface area contributed by atoms with Crippen molar-refractivity contribution >= 4 is 14.7 Å². The molecule has 5 heteroatoms. The molecule has 1 aromatic carbocycles. The van der Waals surface area contributed by atoms with Crippen molar-refractivity contribution in [1.82, 2.24) is 0 Å². The first-order valence-corrected chi connectivity index (χ1v) is 9.57. The summed E-state index contributed by atoms with van der Waals surface area (Å²) < 4.78 is 0. The fraction of sp³-hybridized carbons (Fsp3) is 0.474. The number of hydrogen-bond acceptors (Lipinski definition) is 0. The van der Waals surface area contributed by atoms with E-state index in [2.05, 4.69) is 43.3 Å². The first kappa shape index (κ1) is 26.7. The molecule has 3 rings (SSSR count). The molecule has 1 fully saturated rings. The van der Waals surface area contributed by atoms with Crippen LogP contribution in [0.3, 0.4) is 0 Å². The van der Waals surface area contributed by atoms with Crippen molar-refractivity contribution in [3.63, 3.8) is 0 Å². The van der Waals surface area contributed by atoms with Crippen LogP contribution in [0.2, 0.25) is 0 Å². The van der Waals surface area contributed by atoms with E-state index in [4.69, 9.17) is 0 Å². The maximum Gasteiger partial charge on any atom is 4.00 e. The Balaban J connectivity index is 0. The molecule has 0 unspecified atom stereocenters. The fourth-order valence-electron chi connectivity index (χ4n) is 3.70. The van der Waals surface area contributed by atoms with Crippen LogP contribution in [0.4, 0.5) is 0 Å². The molecule has 1 aromatic rings. The minimum atomic E-state index is -0.272. The van der Waals surface area contributed by atoms with Crippen molar-refractivity contribution in [3.05, 3.63) is 52.8 Å². The molecule has 0 spiro atoms. The Morgan fingerprint density at radius 3 is 2.25 bits per heavy atom. The predicted octanol–water partition coefficient (Wildman–Crippen LogP) is -5.13. The Morgan fingerprint density at radius 1 is 1.00 bits per heavy atom. The van der Waals surface area contributed by atoms with Gasteiger partial charge >= 0.3 is 21.7 Å². The average Bonchev–Trinajstić information content (AvgIpc) is 2.81. The summed E-state index contributed by atoms with van der Waals surface area (Å²) in [6, 6.07) is 11.0. The van der Waals surface area contributed by atoms with E-state index in [0.717, 1.165) is 5.92 Å². The van der Waals surface area contributed by atoms with E-state index in [-0.39, 0.29) is 68.5 Å². The van der Waals surface area contributed by atoms with Crippen LogP contribution in [0.5, 0.6) is 0 Å². The quantitative estimate of drug-likeness (QED) is 0.328. The largest absolute Gasteiger partial charge is 4.00 e. The van der Waals surface area contributed by atoms with E-state index < -0.39 is 0 Å². The normalized spacial score (nSPS) is 17.5. The summed E-state index contributed by atoms with van der Waals surface area (Å²) >= 11 is 0. The van der Waals surface area contributed by atoms with Crippen molar-refractivity contribution in [1.29, 1.82) is 0 Å². The van der Waals surface area contributed by atoms with E-state index in [1.54, 1.807) is 16.0 Å². The Bertz CT molecular complexity index is 523. The molecule has 0 atom stereocenters. The smallest absolute Gasteiger partial charge is 1.00 e. The summed E-state index contributed by atoms with van der Waals surface area (Å²) in [4.78, 5) is 0. The number of benzene rings is 1. The number of allylic oxidation sites excluding steroid dienone is 4. The van der Waals surface area contributed by atoms with Crippen LogP contribution in [0.25, 0.3) is 0 Å². The Kier molecular flexibility index (Phi) is 15.2. The average molecular weight is 436 g/mol. The molecule has 0 aliphatic heterocycles. The van der Waals surface area contributed by atoms with Crippen molar-refractivity contribution in [2.24, 2.45) is 5.92 Å². The molecule has 0 N–H and O–H groups in total. The van der Waals surface area contributed by atoms with Gasteiger partial charge in [0.2, 0.25) is 0 Å². The van der Waals surface area contributed by atoms with Crippen molar-refractivity contribution in [2.75, 3.05) is 0 Å². The summed E-state index contributed by atoms with van der Waals surface area (Å²) in [6.07, 6.45) is 13.6. The summed E-state index contributed by atoms with van der Waals surface area (Å²) in [5.74, 6) is 0.966. The first-order valence-electron chi connectivity index (χ1n) is 8.15. The molecule has 0 saturated heterocycles. The van der Waals surface area contributed by atoms with Crippen LogP contribution in [0, 0.1) is 12.0 Å². The van der Waals surface area contributed by atoms with Gasteiger partial charge in [-0.1, -0.05) is 93.3 Å². The molecule has 0 heterocycles. The topological polar surface area (TPSA) is 0 Å². The minimum Gasteiger partial charge on any atom is -1.00 e. The maximum absolute atomic E-state index is 3.70. The molecule has 1 saturated carbocycles. The monoisotopic (exact) mass is 434 g/mol. The van der Waals surface area contributed by atoms with Gasteiger partial charge in [0.05, 0.1) is 9.52 Å². The van der Waals surface area contributed by atoms with Crippen molar-refractivity contribution in [3.8, 4) is 0 Å². The zero-order chi connectivity index (χ0) is 13.8. The second-order valence-electron chi connectivity index (χ2n) is 6.50. The zero-order valence-corrected chi connectivity index (χ0v) is 19.5. The van der Waals surface area contributed by atoms with Gasteiger partial charge in [-0.05, 0) is 0 Å². The van der Waals surface area contributed by atoms with Gasteiger partial charge in [-0.2, -0.15) is 5.20 Å². The molecule has 0 amide bonds. The molecule has 0 bridgehead atoms. The third-order valence-electron chi connectivity index (χ3n) is 4.84. The predicted molar refractivity (Wildman–Crippen MR) is 89.9 cm³/mol. The van der Waals surface area contributed by atoms with E-state index in [0.29, 0.717) is 0 Å². The van der Waals surface area contributed by atoms with Gasteiger partial charge in [-0.15, -0.1) is 0 Å². The van der Waals surface area contributed by atoms with Gasteiger partial charge < -0.3 is 37.2 Å². The van der Waals surface area contributed by atoms with Gasteiger partial charge in [-0.25, -0.2) is 11.1 Å². The van der Waals surface area contributed by atoms with E-state index in [1.807, 2.05) is 0 Å². The van der Waals surface area contributed by atoms with Crippen LogP contribution >= 0.6 is 0 Å². The molecule has 130 valence electrons. The van der Waals surface area contributed by atoms with Crippen LogP contribution in [-0.4, -0.2) is 9.52 Å². The molecule has 0 nitrogen and oxygen atoms in total. The number of halogens is 3. The van der Waals surface area contributed by atoms with Crippen LogP contribution in [-0.2, 0) is 21.7 Å². The fourth-order valence-corrected chi connectivity index (χ4v) is 5.48. The minimum absolute atomic E-state index is 0. The molecule has 2 aliphatic carbocycles. The summed E-state index contributed by atoms with van der Waals surface area (Å²) in [5.41, 5.74) is 3.17. The van der Waals surface area contributed by atoms with E-state index >= 15 is 0 Å². The third kappa shape index (κ3) is 7.81. The maximum atomic E-state index is 3.70. The first-order chi connectivity index (χ1) is 9.81. The Morgan fingerprint density at radius 2 is 1.62 bits per heavy atom. The molecular formula is C19H25Cl3SiTi. The standard InChI is InChI=1S/C19H25Si.3ClH.Ti/c1-15-12-19(20-18-10-6-3-7-11-18)14-17(15)13-16-8-4-2-5-9-16;;;;/h3,6-7,10-11,16H,2,4-5,8-9,13-14,20H2,1H3;3*1H;/q-1;;;;+4/p-3. The number of hydrogen-bond donors (Lipinski definition) is 0. The second-order valence-corrected chi connectivity index (χ2v) is 8.53. The van der Waals surface area contributed by atoms with Crippen molar-refractivity contribution < 1.29 is 58.9 Å². The Hall–Kier alpha value is 0.501. The van der Waals surface area contributed by atoms with Gasteiger partial charge in [0.25, 0.3) is 0 Å². The number of rotatable bonds is 4. The van der Waals surface area contributed by atoms with Crippen LogP contribution in [0.15, 0.2) is 46.7 Å². The Labute approximate surface area is 183 Å². The van der Waals surface area contributed by atoms with Gasteiger partial charge in [0.15, 0.2) is 0 Å². The van der Waals surface area contributed by atoms with E-state index in [1.165, 1.54) is 50.5 Å². The molecule has 0 aromatic heterocycles. The van der Waals surface area contributed by atoms with Crippen LogP contribution < -0.4 is 42.4 Å².